The van der Waals surface area contributed by atoms with Crippen LogP contribution in [0.15, 0.2) is 30.3 Å². The molecular weight excluding hydrogens is 331 g/mol. The maximum atomic E-state index is 5.82. The lowest BCUT2D eigenvalue weighted by molar-refractivity contribution is -0.150. The molecule has 1 aromatic rings. The summed E-state index contributed by atoms with van der Waals surface area (Å²) < 4.78 is 17.9. The topological polar surface area (TPSA) is 27.7 Å². The molecule has 17 heavy (non-hydrogen) atoms. The number of rotatable bonds is 5. The van der Waals surface area contributed by atoms with Crippen molar-refractivity contribution >= 4 is 22.6 Å². The van der Waals surface area contributed by atoms with Crippen molar-refractivity contribution < 1.29 is 14.2 Å². The molecule has 0 aliphatic carbocycles. The molecular formula is C13H17IO3. The highest BCUT2D eigenvalue weighted by atomic mass is 127. The first-order chi connectivity index (χ1) is 8.38. The Bertz CT molecular complexity index is 318. The monoisotopic (exact) mass is 348 g/mol. The lowest BCUT2D eigenvalue weighted by Crippen LogP contribution is -2.39. The van der Waals surface area contributed by atoms with E-state index in [1.807, 2.05) is 18.2 Å². The number of alkyl halides is 1. The van der Waals surface area contributed by atoms with Gasteiger partial charge < -0.3 is 14.2 Å². The number of hydrogen-bond acceptors (Lipinski definition) is 3. The first-order valence-electron chi connectivity index (χ1n) is 5.79. The molecule has 0 N–H and O–H groups in total. The van der Waals surface area contributed by atoms with Gasteiger partial charge in [-0.05, 0) is 5.56 Å². The van der Waals surface area contributed by atoms with Crippen molar-refractivity contribution in [1.29, 1.82) is 0 Å². The van der Waals surface area contributed by atoms with E-state index in [1.54, 1.807) is 0 Å². The molecule has 2 rings (SSSR count). The Hall–Kier alpha value is -0.170. The average molecular weight is 348 g/mol. The molecule has 2 atom stereocenters. The average Bonchev–Trinajstić information content (AvgIpc) is 2.40. The van der Waals surface area contributed by atoms with Crippen molar-refractivity contribution in [2.24, 2.45) is 0 Å². The molecule has 1 aliphatic heterocycles. The number of hydrogen-bond donors (Lipinski definition) is 0. The van der Waals surface area contributed by atoms with E-state index in [2.05, 4.69) is 34.7 Å². The minimum Gasteiger partial charge on any atom is -0.376 e. The van der Waals surface area contributed by atoms with Crippen LogP contribution in [-0.2, 0) is 20.8 Å². The van der Waals surface area contributed by atoms with Crippen molar-refractivity contribution in [2.45, 2.75) is 18.8 Å². The van der Waals surface area contributed by atoms with Gasteiger partial charge in [0.1, 0.15) is 6.10 Å². The summed E-state index contributed by atoms with van der Waals surface area (Å²) in [6, 6.07) is 10.2. The Morgan fingerprint density at radius 3 is 2.71 bits per heavy atom. The first kappa shape index (κ1) is 13.3. The van der Waals surface area contributed by atoms with Gasteiger partial charge in [0.2, 0.25) is 0 Å². The van der Waals surface area contributed by atoms with Gasteiger partial charge in [-0.3, -0.25) is 0 Å². The molecule has 0 radical (unpaired) electrons. The zero-order chi connectivity index (χ0) is 11.9. The highest BCUT2D eigenvalue weighted by molar-refractivity contribution is 14.1. The molecule has 1 aliphatic rings. The normalized spacial score (nSPS) is 24.8. The molecule has 0 saturated carbocycles. The second kappa shape index (κ2) is 7.31. The largest absolute Gasteiger partial charge is 0.376 e. The Kier molecular flexibility index (Phi) is 5.70. The van der Waals surface area contributed by atoms with Crippen LogP contribution in [0, 0.1) is 0 Å². The second-order valence-electron chi connectivity index (χ2n) is 4.07. The van der Waals surface area contributed by atoms with Gasteiger partial charge in [0.15, 0.2) is 0 Å². The third-order valence-electron chi connectivity index (χ3n) is 2.58. The van der Waals surface area contributed by atoms with Crippen molar-refractivity contribution in [3.63, 3.8) is 0 Å². The van der Waals surface area contributed by atoms with Gasteiger partial charge in [-0.25, -0.2) is 0 Å². The molecule has 0 spiro atoms. The van der Waals surface area contributed by atoms with Crippen LogP contribution in [0.25, 0.3) is 0 Å². The smallest absolute Gasteiger partial charge is 0.105 e. The van der Waals surface area contributed by atoms with Gasteiger partial charge in [-0.1, -0.05) is 52.9 Å². The summed E-state index contributed by atoms with van der Waals surface area (Å²) in [4.78, 5) is 0. The van der Waals surface area contributed by atoms with E-state index < -0.39 is 0 Å². The third kappa shape index (κ3) is 4.54. The van der Waals surface area contributed by atoms with Crippen LogP contribution in [0.3, 0.4) is 0 Å². The zero-order valence-electron chi connectivity index (χ0n) is 9.68. The predicted molar refractivity (Wildman–Crippen MR) is 74.5 cm³/mol. The number of ether oxygens (including phenoxy) is 3. The van der Waals surface area contributed by atoms with Gasteiger partial charge in [-0.15, -0.1) is 0 Å². The minimum absolute atomic E-state index is 0.0761. The summed E-state index contributed by atoms with van der Waals surface area (Å²) >= 11 is 2.32. The quantitative estimate of drug-likeness (QED) is 0.604. The summed E-state index contributed by atoms with van der Waals surface area (Å²) in [6.07, 6.45) is 0.293. The molecule has 3 nitrogen and oxygen atoms in total. The Labute approximate surface area is 116 Å². The fourth-order valence-electron chi connectivity index (χ4n) is 1.73. The van der Waals surface area contributed by atoms with E-state index in [0.717, 1.165) is 4.43 Å². The van der Waals surface area contributed by atoms with E-state index >= 15 is 0 Å². The van der Waals surface area contributed by atoms with Gasteiger partial charge in [0, 0.05) is 4.43 Å². The van der Waals surface area contributed by atoms with Crippen molar-refractivity contribution in [2.75, 3.05) is 24.2 Å². The molecule has 1 heterocycles. The number of halogens is 1. The highest BCUT2D eigenvalue weighted by Gasteiger charge is 2.22. The standard InChI is InChI=1S/C13H17IO3/c14-6-12-8-16-10-13(17-12)9-15-7-11-4-2-1-3-5-11/h1-5,12-13H,6-10H2/t12-,13+/m0/s1. The van der Waals surface area contributed by atoms with Gasteiger partial charge in [-0.2, -0.15) is 0 Å². The maximum absolute atomic E-state index is 5.82. The summed E-state index contributed by atoms with van der Waals surface area (Å²) in [5.41, 5.74) is 1.19. The molecule has 1 saturated heterocycles. The Balaban J connectivity index is 1.68. The fourth-order valence-corrected chi connectivity index (χ4v) is 2.19. The SMILES string of the molecule is IC[C@H]1COC[C@@H](COCc2ccccc2)O1. The summed E-state index contributed by atoms with van der Waals surface area (Å²) in [5, 5.41) is 0. The molecule has 0 unspecified atom stereocenters. The minimum atomic E-state index is 0.0761. The molecule has 0 aromatic heterocycles. The molecule has 1 aromatic carbocycles. The molecule has 94 valence electrons. The van der Waals surface area contributed by atoms with E-state index in [0.29, 0.717) is 26.4 Å². The van der Waals surface area contributed by atoms with E-state index in [1.165, 1.54) is 5.56 Å². The Morgan fingerprint density at radius 2 is 1.94 bits per heavy atom. The number of benzene rings is 1. The zero-order valence-corrected chi connectivity index (χ0v) is 11.8. The van der Waals surface area contributed by atoms with Crippen LogP contribution >= 0.6 is 22.6 Å². The Morgan fingerprint density at radius 1 is 1.18 bits per heavy atom. The first-order valence-corrected chi connectivity index (χ1v) is 7.32. The van der Waals surface area contributed by atoms with Crippen LogP contribution in [0.2, 0.25) is 0 Å². The molecule has 4 heteroatoms. The van der Waals surface area contributed by atoms with E-state index in [4.69, 9.17) is 14.2 Å². The second-order valence-corrected chi connectivity index (χ2v) is 4.95. The van der Waals surface area contributed by atoms with Crippen LogP contribution in [-0.4, -0.2) is 36.5 Å². The highest BCUT2D eigenvalue weighted by Crippen LogP contribution is 2.11. The van der Waals surface area contributed by atoms with Crippen LogP contribution in [0.1, 0.15) is 5.56 Å². The van der Waals surface area contributed by atoms with Crippen molar-refractivity contribution in [3.8, 4) is 0 Å². The predicted octanol–water partition coefficient (Wildman–Crippen LogP) is 2.42. The molecule has 0 amide bonds. The van der Waals surface area contributed by atoms with Crippen molar-refractivity contribution in [1.82, 2.24) is 0 Å². The van der Waals surface area contributed by atoms with Crippen LogP contribution in [0.4, 0.5) is 0 Å². The molecule has 1 fully saturated rings. The van der Waals surface area contributed by atoms with Crippen molar-refractivity contribution in [3.05, 3.63) is 35.9 Å². The van der Waals surface area contributed by atoms with Crippen LogP contribution in [0.5, 0.6) is 0 Å². The van der Waals surface area contributed by atoms with Crippen LogP contribution < -0.4 is 0 Å². The lowest BCUT2D eigenvalue weighted by Gasteiger charge is -2.29. The summed E-state index contributed by atoms with van der Waals surface area (Å²) in [5.74, 6) is 0. The lowest BCUT2D eigenvalue weighted by atomic mass is 10.2. The van der Waals surface area contributed by atoms with Gasteiger partial charge in [0.05, 0.1) is 32.5 Å². The van der Waals surface area contributed by atoms with Gasteiger partial charge in [0.25, 0.3) is 0 Å². The molecule has 0 bridgehead atoms. The maximum Gasteiger partial charge on any atom is 0.105 e. The van der Waals surface area contributed by atoms with Gasteiger partial charge >= 0.3 is 0 Å². The van der Waals surface area contributed by atoms with E-state index in [-0.39, 0.29) is 12.2 Å². The fraction of sp³-hybridized carbons (Fsp3) is 0.538. The van der Waals surface area contributed by atoms with E-state index in [9.17, 15) is 0 Å². The summed E-state index contributed by atoms with van der Waals surface area (Å²) in [7, 11) is 0. The third-order valence-corrected chi connectivity index (χ3v) is 3.56. The summed E-state index contributed by atoms with van der Waals surface area (Å²) in [6.45, 7) is 2.58.